The van der Waals surface area contributed by atoms with Crippen LogP contribution < -0.4 is 14.8 Å². The van der Waals surface area contributed by atoms with Gasteiger partial charge < -0.3 is 14.8 Å². The van der Waals surface area contributed by atoms with Gasteiger partial charge in [-0.2, -0.15) is 0 Å². The molecule has 22 heavy (non-hydrogen) atoms. The van der Waals surface area contributed by atoms with E-state index in [1.807, 2.05) is 0 Å². The molecule has 0 aliphatic rings. The first-order chi connectivity index (χ1) is 10.6. The highest BCUT2D eigenvalue weighted by Gasteiger charge is 2.16. The van der Waals surface area contributed by atoms with E-state index >= 15 is 0 Å². The van der Waals surface area contributed by atoms with E-state index in [0.29, 0.717) is 28.2 Å². The van der Waals surface area contributed by atoms with Crippen molar-refractivity contribution in [2.45, 2.75) is 0 Å². The maximum atomic E-state index is 12.6. The summed E-state index contributed by atoms with van der Waals surface area (Å²) >= 11 is 0. The predicted molar refractivity (Wildman–Crippen MR) is 82.8 cm³/mol. The molecule has 5 heteroatoms. The minimum Gasteiger partial charge on any atom is -0.497 e. The smallest absolute Gasteiger partial charge is 0.251 e. The van der Waals surface area contributed by atoms with Gasteiger partial charge in [0.15, 0.2) is 5.78 Å². The Bertz CT molecular complexity index is 692. The molecule has 2 aromatic rings. The third-order valence-electron chi connectivity index (χ3n) is 3.29. The monoisotopic (exact) mass is 299 g/mol. The lowest BCUT2D eigenvalue weighted by molar-refractivity contribution is 0.0961. The topological polar surface area (TPSA) is 64.6 Å². The molecule has 0 radical (unpaired) electrons. The summed E-state index contributed by atoms with van der Waals surface area (Å²) in [4.78, 5) is 24.1. The van der Waals surface area contributed by atoms with E-state index < -0.39 is 0 Å². The van der Waals surface area contributed by atoms with Crippen LogP contribution in [-0.2, 0) is 0 Å². The molecule has 5 nitrogen and oxygen atoms in total. The first-order valence-electron chi connectivity index (χ1n) is 6.69. The quantitative estimate of drug-likeness (QED) is 0.860. The third-order valence-corrected chi connectivity index (χ3v) is 3.29. The van der Waals surface area contributed by atoms with Gasteiger partial charge in [0.2, 0.25) is 0 Å². The predicted octanol–water partition coefficient (Wildman–Crippen LogP) is 2.29. The minimum atomic E-state index is -0.196. The maximum Gasteiger partial charge on any atom is 0.251 e. The van der Waals surface area contributed by atoms with Crippen LogP contribution in [0.5, 0.6) is 11.5 Å². The van der Waals surface area contributed by atoms with Crippen molar-refractivity contribution in [1.82, 2.24) is 5.32 Å². The lowest BCUT2D eigenvalue weighted by Gasteiger charge is -2.10. The van der Waals surface area contributed by atoms with Crippen molar-refractivity contribution in [3.8, 4) is 11.5 Å². The lowest BCUT2D eigenvalue weighted by Crippen LogP contribution is -2.17. The molecule has 2 aromatic carbocycles. The zero-order valence-electron chi connectivity index (χ0n) is 12.7. The summed E-state index contributed by atoms with van der Waals surface area (Å²) in [6, 6.07) is 11.5. The molecule has 0 bridgehead atoms. The van der Waals surface area contributed by atoms with E-state index in [4.69, 9.17) is 9.47 Å². The van der Waals surface area contributed by atoms with Gasteiger partial charge in [-0.3, -0.25) is 9.59 Å². The molecular formula is C17H17NO4. The third kappa shape index (κ3) is 3.09. The van der Waals surface area contributed by atoms with E-state index in [1.54, 1.807) is 49.5 Å². The zero-order chi connectivity index (χ0) is 16.1. The van der Waals surface area contributed by atoms with Gasteiger partial charge in [-0.15, -0.1) is 0 Å². The van der Waals surface area contributed by atoms with Gasteiger partial charge in [0.05, 0.1) is 19.8 Å². The zero-order valence-corrected chi connectivity index (χ0v) is 12.7. The number of amides is 1. The van der Waals surface area contributed by atoms with Crippen LogP contribution in [0.2, 0.25) is 0 Å². The Kier molecular flexibility index (Phi) is 4.78. The van der Waals surface area contributed by atoms with Gasteiger partial charge in [0.25, 0.3) is 5.91 Å². The van der Waals surface area contributed by atoms with Crippen molar-refractivity contribution in [1.29, 1.82) is 0 Å². The Morgan fingerprint density at radius 2 is 1.55 bits per heavy atom. The first kappa shape index (κ1) is 15.6. The van der Waals surface area contributed by atoms with Gasteiger partial charge >= 0.3 is 0 Å². The number of ketones is 1. The summed E-state index contributed by atoms with van der Waals surface area (Å²) in [5.74, 6) is 0.657. The summed E-state index contributed by atoms with van der Waals surface area (Å²) in [5.41, 5.74) is 1.38. The van der Waals surface area contributed by atoms with E-state index in [2.05, 4.69) is 5.32 Å². The second-order valence-corrected chi connectivity index (χ2v) is 4.55. The molecule has 1 N–H and O–H groups in total. The summed E-state index contributed by atoms with van der Waals surface area (Å²) in [6.45, 7) is 0. The Balaban J connectivity index is 2.37. The molecule has 0 aliphatic carbocycles. The second-order valence-electron chi connectivity index (χ2n) is 4.55. The van der Waals surface area contributed by atoms with Crippen molar-refractivity contribution in [3.63, 3.8) is 0 Å². The van der Waals surface area contributed by atoms with Crippen LogP contribution in [0.25, 0.3) is 0 Å². The van der Waals surface area contributed by atoms with Crippen LogP contribution in [0.1, 0.15) is 26.3 Å². The van der Waals surface area contributed by atoms with Crippen molar-refractivity contribution in [3.05, 3.63) is 59.2 Å². The number of nitrogens with one attached hydrogen (secondary N) is 1. The van der Waals surface area contributed by atoms with Crippen LogP contribution in [0.3, 0.4) is 0 Å². The Labute approximate surface area is 128 Å². The SMILES string of the molecule is CNC(=O)c1ccc(C(=O)c2cc(OC)ccc2OC)cc1. The highest BCUT2D eigenvalue weighted by Crippen LogP contribution is 2.26. The van der Waals surface area contributed by atoms with Crippen molar-refractivity contribution in [2.75, 3.05) is 21.3 Å². The lowest BCUT2D eigenvalue weighted by atomic mass is 10.0. The molecule has 2 rings (SSSR count). The van der Waals surface area contributed by atoms with Crippen LogP contribution in [0, 0.1) is 0 Å². The van der Waals surface area contributed by atoms with Crippen molar-refractivity contribution >= 4 is 11.7 Å². The van der Waals surface area contributed by atoms with Crippen LogP contribution >= 0.6 is 0 Å². The van der Waals surface area contributed by atoms with Crippen molar-refractivity contribution in [2.24, 2.45) is 0 Å². The van der Waals surface area contributed by atoms with Crippen LogP contribution in [0.15, 0.2) is 42.5 Å². The number of rotatable bonds is 5. The summed E-state index contributed by atoms with van der Waals surface area (Å²) in [6.07, 6.45) is 0. The van der Waals surface area contributed by atoms with E-state index in [1.165, 1.54) is 14.2 Å². The van der Waals surface area contributed by atoms with Gasteiger partial charge in [-0.1, -0.05) is 12.1 Å². The summed E-state index contributed by atoms with van der Waals surface area (Å²) in [7, 11) is 4.60. The molecule has 0 fully saturated rings. The molecular weight excluding hydrogens is 282 g/mol. The minimum absolute atomic E-state index is 0.195. The second kappa shape index (κ2) is 6.76. The molecule has 0 aliphatic heterocycles. The summed E-state index contributed by atoms with van der Waals surface area (Å²) in [5, 5.41) is 2.53. The largest absolute Gasteiger partial charge is 0.497 e. The van der Waals surface area contributed by atoms with Gasteiger partial charge in [0, 0.05) is 18.2 Å². The van der Waals surface area contributed by atoms with Gasteiger partial charge in [0.1, 0.15) is 11.5 Å². The summed E-state index contributed by atoms with van der Waals surface area (Å²) < 4.78 is 10.4. The number of benzene rings is 2. The Morgan fingerprint density at radius 1 is 0.909 bits per heavy atom. The number of methoxy groups -OCH3 is 2. The van der Waals surface area contributed by atoms with E-state index in [0.717, 1.165) is 0 Å². The van der Waals surface area contributed by atoms with Crippen molar-refractivity contribution < 1.29 is 19.1 Å². The Morgan fingerprint density at radius 3 is 2.09 bits per heavy atom. The average Bonchev–Trinajstić information content (AvgIpc) is 2.59. The van der Waals surface area contributed by atoms with Gasteiger partial charge in [-0.25, -0.2) is 0 Å². The van der Waals surface area contributed by atoms with Crippen LogP contribution in [0.4, 0.5) is 0 Å². The molecule has 114 valence electrons. The highest BCUT2D eigenvalue weighted by atomic mass is 16.5. The molecule has 0 atom stereocenters. The molecule has 0 saturated heterocycles. The molecule has 0 aromatic heterocycles. The molecule has 0 saturated carbocycles. The fourth-order valence-corrected chi connectivity index (χ4v) is 2.06. The van der Waals surface area contributed by atoms with E-state index in [9.17, 15) is 9.59 Å². The standard InChI is InChI=1S/C17H17NO4/c1-18-17(20)12-6-4-11(5-7-12)16(19)14-10-13(21-2)8-9-15(14)22-3/h4-10H,1-3H3,(H,18,20). The number of carbonyl (C=O) groups is 2. The molecule has 1 amide bonds. The molecule has 0 spiro atoms. The fraction of sp³-hybridized carbons (Fsp3) is 0.176. The van der Waals surface area contributed by atoms with E-state index in [-0.39, 0.29) is 11.7 Å². The Hall–Kier alpha value is -2.82. The number of carbonyl (C=O) groups excluding carboxylic acids is 2. The normalized spacial score (nSPS) is 9.95. The maximum absolute atomic E-state index is 12.6. The highest BCUT2D eigenvalue weighted by molar-refractivity contribution is 6.11. The fourth-order valence-electron chi connectivity index (χ4n) is 2.06. The van der Waals surface area contributed by atoms with Gasteiger partial charge in [-0.05, 0) is 30.3 Å². The number of ether oxygens (including phenoxy) is 2. The van der Waals surface area contributed by atoms with Crippen LogP contribution in [-0.4, -0.2) is 33.0 Å². The average molecular weight is 299 g/mol. The number of hydrogen-bond acceptors (Lipinski definition) is 4. The number of hydrogen-bond donors (Lipinski definition) is 1. The molecule has 0 heterocycles. The first-order valence-corrected chi connectivity index (χ1v) is 6.69. The molecule has 0 unspecified atom stereocenters.